The number of carbonyl (C=O) groups is 2. The van der Waals surface area contributed by atoms with E-state index in [9.17, 15) is 18.0 Å². The van der Waals surface area contributed by atoms with E-state index >= 15 is 0 Å². The fraction of sp³-hybridized carbons (Fsp3) is 0.500. The highest BCUT2D eigenvalue weighted by Crippen LogP contribution is 2.29. The standard InChI is InChI=1S/C16H22N2O5S/c1-3-5-13(16(20)21)17-15(19)12-7-8-14-11(10-12)6-4-9-18(14)24(2,22)23/h7-8,10,13H,3-6,9H2,1-2H3,(H,17,19)(H,20,21). The van der Waals surface area contributed by atoms with Crippen LogP contribution in [-0.2, 0) is 21.2 Å². The van der Waals surface area contributed by atoms with Crippen LogP contribution in [0.4, 0.5) is 5.69 Å². The summed E-state index contributed by atoms with van der Waals surface area (Å²) in [5.41, 5.74) is 1.71. The van der Waals surface area contributed by atoms with Crippen LogP contribution in [0.5, 0.6) is 0 Å². The molecule has 1 atom stereocenters. The highest BCUT2D eigenvalue weighted by molar-refractivity contribution is 7.92. The first kappa shape index (κ1) is 18.3. The van der Waals surface area contributed by atoms with Crippen molar-refractivity contribution in [3.63, 3.8) is 0 Å². The van der Waals surface area contributed by atoms with Crippen LogP contribution >= 0.6 is 0 Å². The number of rotatable bonds is 6. The lowest BCUT2D eigenvalue weighted by atomic mass is 10.00. The Morgan fingerprint density at radius 1 is 1.38 bits per heavy atom. The van der Waals surface area contributed by atoms with E-state index in [0.29, 0.717) is 43.5 Å². The van der Waals surface area contributed by atoms with Gasteiger partial charge >= 0.3 is 5.97 Å². The lowest BCUT2D eigenvalue weighted by Crippen LogP contribution is -2.40. The molecule has 8 heteroatoms. The molecule has 0 fully saturated rings. The molecule has 1 aliphatic heterocycles. The summed E-state index contributed by atoms with van der Waals surface area (Å²) >= 11 is 0. The first-order valence-corrected chi connectivity index (χ1v) is 9.73. The highest BCUT2D eigenvalue weighted by atomic mass is 32.2. The minimum Gasteiger partial charge on any atom is -0.480 e. The van der Waals surface area contributed by atoms with Crippen LogP contribution < -0.4 is 9.62 Å². The SMILES string of the molecule is CCCC(NC(=O)c1ccc2c(c1)CCCN2S(C)(=O)=O)C(=O)O. The van der Waals surface area contributed by atoms with Crippen LogP contribution in [0.25, 0.3) is 0 Å². The fourth-order valence-electron chi connectivity index (χ4n) is 2.84. The Labute approximate surface area is 141 Å². The number of fused-ring (bicyclic) bond motifs is 1. The van der Waals surface area contributed by atoms with Gasteiger partial charge in [0.1, 0.15) is 6.04 Å². The van der Waals surface area contributed by atoms with Crippen molar-refractivity contribution in [3.05, 3.63) is 29.3 Å². The monoisotopic (exact) mass is 354 g/mol. The highest BCUT2D eigenvalue weighted by Gasteiger charge is 2.25. The van der Waals surface area contributed by atoms with Gasteiger partial charge in [0.05, 0.1) is 11.9 Å². The third kappa shape index (κ3) is 4.05. The molecular formula is C16H22N2O5S. The lowest BCUT2D eigenvalue weighted by Gasteiger charge is -2.29. The van der Waals surface area contributed by atoms with E-state index in [1.165, 1.54) is 10.4 Å². The number of carboxylic acid groups (broad SMARTS) is 1. The van der Waals surface area contributed by atoms with Gasteiger partial charge in [-0.1, -0.05) is 13.3 Å². The van der Waals surface area contributed by atoms with E-state index in [2.05, 4.69) is 5.32 Å². The van der Waals surface area contributed by atoms with E-state index in [-0.39, 0.29) is 0 Å². The number of aliphatic carboxylic acids is 1. The zero-order valence-electron chi connectivity index (χ0n) is 13.8. The van der Waals surface area contributed by atoms with Crippen LogP contribution in [0.2, 0.25) is 0 Å². The summed E-state index contributed by atoms with van der Waals surface area (Å²) < 4.78 is 25.0. The Hall–Kier alpha value is -2.09. The van der Waals surface area contributed by atoms with Crippen LogP contribution in [0.1, 0.15) is 42.1 Å². The number of aryl methyl sites for hydroxylation is 1. The maximum absolute atomic E-state index is 12.3. The summed E-state index contributed by atoms with van der Waals surface area (Å²) in [6.45, 7) is 2.27. The normalized spacial score (nSPS) is 15.5. The summed E-state index contributed by atoms with van der Waals surface area (Å²) in [4.78, 5) is 23.4. The molecule has 0 bridgehead atoms. The van der Waals surface area contributed by atoms with Gasteiger partial charge in [0, 0.05) is 12.1 Å². The topological polar surface area (TPSA) is 104 Å². The molecule has 7 nitrogen and oxygen atoms in total. The maximum Gasteiger partial charge on any atom is 0.326 e. The number of benzene rings is 1. The molecule has 1 amide bonds. The van der Waals surface area contributed by atoms with Gasteiger partial charge in [-0.25, -0.2) is 13.2 Å². The number of nitrogens with zero attached hydrogens (tertiary/aromatic N) is 1. The van der Waals surface area contributed by atoms with Crippen molar-refractivity contribution < 1.29 is 23.1 Å². The van der Waals surface area contributed by atoms with Gasteiger partial charge in [-0.2, -0.15) is 0 Å². The first-order valence-electron chi connectivity index (χ1n) is 7.88. The van der Waals surface area contributed by atoms with Crippen LogP contribution in [0.3, 0.4) is 0 Å². The Morgan fingerprint density at radius 2 is 2.08 bits per heavy atom. The molecule has 1 unspecified atom stereocenters. The Bertz CT molecular complexity index is 745. The summed E-state index contributed by atoms with van der Waals surface area (Å²) in [5.74, 6) is -1.53. The molecule has 1 heterocycles. The largest absolute Gasteiger partial charge is 0.480 e. The van der Waals surface area contributed by atoms with Gasteiger partial charge in [-0.15, -0.1) is 0 Å². The third-order valence-electron chi connectivity index (χ3n) is 4.00. The van der Waals surface area contributed by atoms with Crippen molar-refractivity contribution in [2.45, 2.75) is 38.6 Å². The van der Waals surface area contributed by atoms with Crippen molar-refractivity contribution in [2.75, 3.05) is 17.1 Å². The molecule has 0 radical (unpaired) electrons. The van der Waals surface area contributed by atoms with Gasteiger partial charge in [-0.3, -0.25) is 9.10 Å². The third-order valence-corrected chi connectivity index (χ3v) is 5.18. The van der Waals surface area contributed by atoms with Crippen molar-refractivity contribution >= 4 is 27.6 Å². The molecule has 132 valence electrons. The molecule has 24 heavy (non-hydrogen) atoms. The zero-order valence-corrected chi connectivity index (χ0v) is 14.6. The smallest absolute Gasteiger partial charge is 0.326 e. The molecule has 0 spiro atoms. The number of hydrogen-bond acceptors (Lipinski definition) is 4. The van der Waals surface area contributed by atoms with Crippen LogP contribution in [0, 0.1) is 0 Å². The average Bonchev–Trinajstić information content (AvgIpc) is 2.52. The Kier molecular flexibility index (Phi) is 5.48. The van der Waals surface area contributed by atoms with E-state index in [1.54, 1.807) is 12.1 Å². The molecule has 0 aromatic heterocycles. The zero-order chi connectivity index (χ0) is 17.9. The molecule has 1 aromatic carbocycles. The quantitative estimate of drug-likeness (QED) is 0.803. The number of carbonyl (C=O) groups excluding carboxylic acids is 1. The molecule has 1 aliphatic rings. The van der Waals surface area contributed by atoms with Crippen LogP contribution in [-0.4, -0.2) is 44.2 Å². The van der Waals surface area contributed by atoms with E-state index in [0.717, 1.165) is 11.8 Å². The van der Waals surface area contributed by atoms with Gasteiger partial charge in [0.25, 0.3) is 5.91 Å². The van der Waals surface area contributed by atoms with Crippen molar-refractivity contribution in [2.24, 2.45) is 0 Å². The number of amides is 1. The number of carboxylic acids is 1. The minimum atomic E-state index is -3.35. The van der Waals surface area contributed by atoms with Gasteiger partial charge in [0.2, 0.25) is 10.0 Å². The van der Waals surface area contributed by atoms with E-state index < -0.39 is 27.9 Å². The molecule has 0 saturated carbocycles. The predicted octanol–water partition coefficient (Wildman–Crippen LogP) is 1.38. The number of sulfonamides is 1. The summed E-state index contributed by atoms with van der Waals surface area (Å²) in [6.07, 6.45) is 3.52. The van der Waals surface area contributed by atoms with E-state index in [4.69, 9.17) is 5.11 Å². The summed E-state index contributed by atoms with van der Waals surface area (Å²) in [6, 6.07) is 3.86. The predicted molar refractivity (Wildman–Crippen MR) is 90.8 cm³/mol. The summed E-state index contributed by atoms with van der Waals surface area (Å²) in [5, 5.41) is 11.6. The molecular weight excluding hydrogens is 332 g/mol. The van der Waals surface area contributed by atoms with Crippen molar-refractivity contribution in [3.8, 4) is 0 Å². The minimum absolute atomic E-state index is 0.339. The van der Waals surface area contributed by atoms with Crippen LogP contribution in [0.15, 0.2) is 18.2 Å². The number of anilines is 1. The molecule has 1 aromatic rings. The first-order chi connectivity index (χ1) is 11.2. The second-order valence-corrected chi connectivity index (χ2v) is 7.84. The molecule has 0 saturated heterocycles. The van der Waals surface area contributed by atoms with Crippen molar-refractivity contribution in [1.82, 2.24) is 5.32 Å². The second kappa shape index (κ2) is 7.21. The number of nitrogens with one attached hydrogen (secondary N) is 1. The lowest BCUT2D eigenvalue weighted by molar-refractivity contribution is -0.139. The van der Waals surface area contributed by atoms with Gasteiger partial charge in [0.15, 0.2) is 0 Å². The Balaban J connectivity index is 2.25. The Morgan fingerprint density at radius 3 is 2.67 bits per heavy atom. The second-order valence-electron chi connectivity index (χ2n) is 5.94. The molecule has 0 aliphatic carbocycles. The maximum atomic E-state index is 12.3. The summed E-state index contributed by atoms with van der Waals surface area (Å²) in [7, 11) is -3.35. The number of hydrogen-bond donors (Lipinski definition) is 2. The fourth-order valence-corrected chi connectivity index (χ4v) is 3.83. The average molecular weight is 354 g/mol. The van der Waals surface area contributed by atoms with E-state index in [1.807, 2.05) is 6.92 Å². The molecule has 2 N–H and O–H groups in total. The van der Waals surface area contributed by atoms with Gasteiger partial charge < -0.3 is 10.4 Å². The van der Waals surface area contributed by atoms with Gasteiger partial charge in [-0.05, 0) is 43.0 Å². The van der Waals surface area contributed by atoms with Crippen molar-refractivity contribution in [1.29, 1.82) is 0 Å². The molecule has 2 rings (SSSR count).